The highest BCUT2D eigenvalue weighted by molar-refractivity contribution is 6.10. The summed E-state index contributed by atoms with van der Waals surface area (Å²) in [7, 11) is 0. The molecule has 0 radical (unpaired) electrons. The van der Waals surface area contributed by atoms with Gasteiger partial charge in [0.1, 0.15) is 0 Å². The molecule has 0 N–H and O–H groups in total. The first-order valence-electron chi connectivity index (χ1n) is 20.3. The molecular formula is C56H38N4. The van der Waals surface area contributed by atoms with E-state index >= 15 is 0 Å². The van der Waals surface area contributed by atoms with Gasteiger partial charge in [-0.25, -0.2) is 9.97 Å². The third-order valence-corrected chi connectivity index (χ3v) is 11.4. The lowest BCUT2D eigenvalue weighted by Crippen LogP contribution is -2.10. The molecule has 11 rings (SSSR count). The van der Waals surface area contributed by atoms with E-state index in [9.17, 15) is 0 Å². The maximum absolute atomic E-state index is 5.31. The van der Waals surface area contributed by atoms with Crippen molar-refractivity contribution >= 4 is 49.8 Å². The smallest absolute Gasteiger partial charge is 0.160 e. The molecule has 0 saturated heterocycles. The minimum absolute atomic E-state index is 0.692. The van der Waals surface area contributed by atoms with Crippen molar-refractivity contribution in [3.05, 3.63) is 231 Å². The van der Waals surface area contributed by atoms with Gasteiger partial charge in [0.05, 0.1) is 22.2 Å². The molecular weight excluding hydrogens is 729 g/mol. The van der Waals surface area contributed by atoms with Crippen LogP contribution in [-0.4, -0.2) is 14.5 Å². The SMILES string of the molecule is c1ccc(-c2ccc(-c3nc(-c4ccc5c6ccccc6n(-c6cccc(N(c7ccccc7)c7ccc(-c8ccccc8)cc7)c6)c5c4)nc4ccccc34)cc2)cc1. The summed E-state index contributed by atoms with van der Waals surface area (Å²) < 4.78 is 2.38. The third kappa shape index (κ3) is 6.37. The quantitative estimate of drug-likeness (QED) is 0.154. The highest BCUT2D eigenvalue weighted by Gasteiger charge is 2.19. The summed E-state index contributed by atoms with van der Waals surface area (Å²) in [5, 5.41) is 3.39. The number of benzene rings is 9. The van der Waals surface area contributed by atoms with Gasteiger partial charge in [0.25, 0.3) is 0 Å². The Kier molecular flexibility index (Phi) is 8.79. The Hall–Kier alpha value is -8.08. The molecule has 4 nitrogen and oxygen atoms in total. The predicted octanol–water partition coefficient (Wildman–Crippen LogP) is 14.9. The van der Waals surface area contributed by atoms with Crippen LogP contribution in [0.4, 0.5) is 17.1 Å². The number of nitrogens with zero attached hydrogens (tertiary/aromatic N) is 4. The van der Waals surface area contributed by atoms with E-state index in [2.05, 4.69) is 228 Å². The minimum atomic E-state index is 0.692. The molecule has 0 aliphatic rings. The van der Waals surface area contributed by atoms with Gasteiger partial charge in [-0.2, -0.15) is 0 Å². The van der Waals surface area contributed by atoms with Crippen molar-refractivity contribution in [3.63, 3.8) is 0 Å². The van der Waals surface area contributed by atoms with Crippen LogP contribution < -0.4 is 4.90 Å². The monoisotopic (exact) mass is 766 g/mol. The van der Waals surface area contributed by atoms with Crippen molar-refractivity contribution in [2.75, 3.05) is 4.90 Å². The Morgan fingerprint density at radius 3 is 1.55 bits per heavy atom. The van der Waals surface area contributed by atoms with E-state index in [1.165, 1.54) is 33.0 Å². The van der Waals surface area contributed by atoms with Crippen molar-refractivity contribution < 1.29 is 0 Å². The summed E-state index contributed by atoms with van der Waals surface area (Å²) in [5.41, 5.74) is 15.1. The molecule has 0 aliphatic heterocycles. The van der Waals surface area contributed by atoms with Gasteiger partial charge in [0, 0.05) is 50.0 Å². The van der Waals surface area contributed by atoms with Gasteiger partial charge in [0.2, 0.25) is 0 Å². The maximum Gasteiger partial charge on any atom is 0.160 e. The second kappa shape index (κ2) is 15.0. The average Bonchev–Trinajstić information content (AvgIpc) is 3.66. The predicted molar refractivity (Wildman–Crippen MR) is 250 cm³/mol. The molecule has 0 spiro atoms. The van der Waals surface area contributed by atoms with E-state index in [4.69, 9.17) is 9.97 Å². The average molecular weight is 767 g/mol. The second-order valence-electron chi connectivity index (χ2n) is 15.0. The van der Waals surface area contributed by atoms with Crippen molar-refractivity contribution in [2.24, 2.45) is 0 Å². The number of hydrogen-bond donors (Lipinski definition) is 0. The van der Waals surface area contributed by atoms with E-state index < -0.39 is 0 Å². The molecule has 4 heteroatoms. The first-order valence-corrected chi connectivity index (χ1v) is 20.3. The van der Waals surface area contributed by atoms with Crippen LogP contribution in [0, 0.1) is 0 Å². The van der Waals surface area contributed by atoms with Crippen LogP contribution in [0.5, 0.6) is 0 Å². The van der Waals surface area contributed by atoms with Crippen molar-refractivity contribution in [1.29, 1.82) is 0 Å². The summed E-state index contributed by atoms with van der Waals surface area (Å²) in [6.07, 6.45) is 0. The zero-order valence-corrected chi connectivity index (χ0v) is 32.7. The molecule has 2 aromatic heterocycles. The molecule has 0 aliphatic carbocycles. The Labute approximate surface area is 348 Å². The summed E-state index contributed by atoms with van der Waals surface area (Å²) in [6, 6.07) is 81.6. The molecule has 0 saturated carbocycles. The van der Waals surface area contributed by atoms with Crippen LogP contribution >= 0.6 is 0 Å². The Morgan fingerprint density at radius 1 is 0.317 bits per heavy atom. The summed E-state index contributed by atoms with van der Waals surface area (Å²) >= 11 is 0. The number of para-hydroxylation sites is 3. The van der Waals surface area contributed by atoms with E-state index in [1.54, 1.807) is 0 Å². The minimum Gasteiger partial charge on any atom is -0.310 e. The van der Waals surface area contributed by atoms with Crippen molar-refractivity contribution in [1.82, 2.24) is 14.5 Å². The highest BCUT2D eigenvalue weighted by atomic mass is 15.1. The first-order chi connectivity index (χ1) is 29.7. The van der Waals surface area contributed by atoms with Gasteiger partial charge in [-0.05, 0) is 82.9 Å². The lowest BCUT2D eigenvalue weighted by atomic mass is 10.0. The number of hydrogen-bond acceptors (Lipinski definition) is 3. The summed E-state index contributed by atoms with van der Waals surface area (Å²) in [4.78, 5) is 12.8. The number of fused-ring (bicyclic) bond motifs is 4. The lowest BCUT2D eigenvalue weighted by Gasteiger charge is -2.26. The lowest BCUT2D eigenvalue weighted by molar-refractivity contribution is 1.17. The van der Waals surface area contributed by atoms with Crippen molar-refractivity contribution in [3.8, 4) is 50.6 Å². The Morgan fingerprint density at radius 2 is 0.833 bits per heavy atom. The van der Waals surface area contributed by atoms with E-state index in [0.717, 1.165) is 61.5 Å². The Bertz CT molecular complexity index is 3280. The summed E-state index contributed by atoms with van der Waals surface area (Å²) in [6.45, 7) is 0. The third-order valence-electron chi connectivity index (χ3n) is 11.4. The molecule has 11 aromatic rings. The molecule has 60 heavy (non-hydrogen) atoms. The van der Waals surface area contributed by atoms with Crippen LogP contribution in [0.2, 0.25) is 0 Å². The topological polar surface area (TPSA) is 34.0 Å². The molecule has 282 valence electrons. The van der Waals surface area contributed by atoms with Crippen LogP contribution in [0.25, 0.3) is 83.3 Å². The zero-order chi connectivity index (χ0) is 39.8. The largest absolute Gasteiger partial charge is 0.310 e. The highest BCUT2D eigenvalue weighted by Crippen LogP contribution is 2.40. The first kappa shape index (κ1) is 35.1. The molecule has 0 fully saturated rings. The fourth-order valence-corrected chi connectivity index (χ4v) is 8.49. The van der Waals surface area contributed by atoms with Gasteiger partial charge < -0.3 is 9.47 Å². The van der Waals surface area contributed by atoms with Gasteiger partial charge >= 0.3 is 0 Å². The second-order valence-corrected chi connectivity index (χ2v) is 15.0. The number of rotatable bonds is 8. The van der Waals surface area contributed by atoms with E-state index in [1.807, 2.05) is 12.1 Å². The van der Waals surface area contributed by atoms with Gasteiger partial charge in [-0.15, -0.1) is 0 Å². The fourth-order valence-electron chi connectivity index (χ4n) is 8.49. The van der Waals surface area contributed by atoms with Crippen LogP contribution in [0.3, 0.4) is 0 Å². The molecule has 0 unspecified atom stereocenters. The van der Waals surface area contributed by atoms with Crippen LogP contribution in [0.1, 0.15) is 0 Å². The fraction of sp³-hybridized carbons (Fsp3) is 0. The van der Waals surface area contributed by atoms with Crippen LogP contribution in [0.15, 0.2) is 231 Å². The zero-order valence-electron chi connectivity index (χ0n) is 32.7. The molecule has 2 heterocycles. The van der Waals surface area contributed by atoms with Gasteiger partial charge in [0.15, 0.2) is 5.82 Å². The standard InChI is InChI=1S/C56H38N4/c1-4-15-39(16-5-1)41-27-29-43(30-28-41)55-51-24-10-12-25-52(51)57-56(58-55)44-33-36-50-49-23-11-13-26-53(49)60(54(50)37-44)48-22-14-21-47(38-48)59(45-19-8-3-9-20-45)46-34-31-42(32-35-46)40-17-6-2-7-18-40/h1-38H. The van der Waals surface area contributed by atoms with Crippen LogP contribution in [-0.2, 0) is 0 Å². The molecule has 0 amide bonds. The van der Waals surface area contributed by atoms with Gasteiger partial charge in [-0.1, -0.05) is 170 Å². The molecule has 0 bridgehead atoms. The maximum atomic E-state index is 5.31. The number of anilines is 3. The van der Waals surface area contributed by atoms with Gasteiger partial charge in [-0.3, -0.25) is 0 Å². The summed E-state index contributed by atoms with van der Waals surface area (Å²) in [5.74, 6) is 0.692. The van der Waals surface area contributed by atoms with E-state index in [-0.39, 0.29) is 0 Å². The van der Waals surface area contributed by atoms with Crippen molar-refractivity contribution in [2.45, 2.75) is 0 Å². The molecule has 9 aromatic carbocycles. The number of aromatic nitrogens is 3. The molecule has 0 atom stereocenters. The van der Waals surface area contributed by atoms with E-state index in [0.29, 0.717) is 5.82 Å². The normalized spacial score (nSPS) is 11.3. The Balaban J connectivity index is 1.04.